The summed E-state index contributed by atoms with van der Waals surface area (Å²) in [7, 11) is 1.57. The third-order valence-electron chi connectivity index (χ3n) is 3.66. The fourth-order valence-corrected chi connectivity index (χ4v) is 2.54. The van der Waals surface area contributed by atoms with Crippen LogP contribution < -0.4 is 5.32 Å². The van der Waals surface area contributed by atoms with Crippen molar-refractivity contribution in [3.05, 3.63) is 46.7 Å². The van der Waals surface area contributed by atoms with Crippen LogP contribution in [0.4, 0.5) is 0 Å². The van der Waals surface area contributed by atoms with Crippen molar-refractivity contribution in [1.82, 2.24) is 5.32 Å². The quantitative estimate of drug-likeness (QED) is 0.749. The van der Waals surface area contributed by atoms with Crippen LogP contribution in [0.1, 0.15) is 30.7 Å². The molecule has 23 heavy (non-hydrogen) atoms. The number of allylic oxidation sites excluding steroid dienone is 1. The standard InChI is InChI=1S/C17H22ClNO4/c1-19-17(21)15-10-13(12-4-6-14(18)7-5-12)11-16(23-15)22-9-3-2-8-20/h4-7,10,13,16,20H,2-3,8-9,11H2,1H3,(H,19,21)/t13-,16+/m1/s1. The maximum atomic E-state index is 11.9. The first-order chi connectivity index (χ1) is 11.1. The normalized spacial score (nSPS) is 20.6. The summed E-state index contributed by atoms with van der Waals surface area (Å²) in [5, 5.41) is 12.0. The molecule has 1 aliphatic rings. The van der Waals surface area contributed by atoms with Crippen LogP contribution in [-0.4, -0.2) is 37.6 Å². The summed E-state index contributed by atoms with van der Waals surface area (Å²) in [6, 6.07) is 7.55. The second-order valence-electron chi connectivity index (χ2n) is 5.35. The Labute approximate surface area is 141 Å². The van der Waals surface area contributed by atoms with Crippen molar-refractivity contribution in [2.24, 2.45) is 0 Å². The van der Waals surface area contributed by atoms with Crippen LogP contribution in [0.5, 0.6) is 0 Å². The number of ether oxygens (including phenoxy) is 2. The van der Waals surface area contributed by atoms with Crippen LogP contribution in [-0.2, 0) is 14.3 Å². The Morgan fingerprint density at radius 2 is 2.13 bits per heavy atom. The number of benzene rings is 1. The molecule has 2 N–H and O–H groups in total. The minimum absolute atomic E-state index is 0.0242. The van der Waals surface area contributed by atoms with E-state index in [4.69, 9.17) is 26.2 Å². The molecule has 0 radical (unpaired) electrons. The molecule has 0 unspecified atom stereocenters. The van der Waals surface area contributed by atoms with Crippen molar-refractivity contribution in [1.29, 1.82) is 0 Å². The van der Waals surface area contributed by atoms with Gasteiger partial charge in [-0.1, -0.05) is 23.7 Å². The number of aliphatic hydroxyl groups is 1. The molecule has 5 nitrogen and oxygen atoms in total. The fraction of sp³-hybridized carbons (Fsp3) is 0.471. The summed E-state index contributed by atoms with van der Waals surface area (Å²) in [4.78, 5) is 11.9. The summed E-state index contributed by atoms with van der Waals surface area (Å²) in [6.07, 6.45) is 3.40. The van der Waals surface area contributed by atoms with Gasteiger partial charge < -0.3 is 19.9 Å². The molecule has 1 amide bonds. The van der Waals surface area contributed by atoms with Crippen molar-refractivity contribution in [3.8, 4) is 0 Å². The summed E-state index contributed by atoms with van der Waals surface area (Å²) < 4.78 is 11.3. The lowest BCUT2D eigenvalue weighted by Gasteiger charge is -2.29. The fourth-order valence-electron chi connectivity index (χ4n) is 2.41. The van der Waals surface area contributed by atoms with E-state index in [0.29, 0.717) is 24.5 Å². The zero-order valence-electron chi connectivity index (χ0n) is 13.1. The summed E-state index contributed by atoms with van der Waals surface area (Å²) in [5.74, 6) is 0.0228. The topological polar surface area (TPSA) is 67.8 Å². The van der Waals surface area contributed by atoms with Crippen LogP contribution in [0.2, 0.25) is 5.02 Å². The van der Waals surface area contributed by atoms with Crippen molar-refractivity contribution >= 4 is 17.5 Å². The molecule has 0 saturated heterocycles. The van der Waals surface area contributed by atoms with Gasteiger partial charge in [0, 0.05) is 31.0 Å². The number of hydrogen-bond donors (Lipinski definition) is 2. The Morgan fingerprint density at radius 3 is 2.78 bits per heavy atom. The molecule has 0 aliphatic carbocycles. The smallest absolute Gasteiger partial charge is 0.285 e. The Morgan fingerprint density at radius 1 is 1.39 bits per heavy atom. The number of hydrogen-bond acceptors (Lipinski definition) is 4. The van der Waals surface area contributed by atoms with Crippen LogP contribution in [0.25, 0.3) is 0 Å². The lowest BCUT2D eigenvalue weighted by Crippen LogP contribution is -2.31. The zero-order chi connectivity index (χ0) is 16.7. The van der Waals surface area contributed by atoms with E-state index >= 15 is 0 Å². The van der Waals surface area contributed by atoms with Gasteiger partial charge in [0.05, 0.1) is 6.61 Å². The molecule has 2 atom stereocenters. The maximum absolute atomic E-state index is 11.9. The first-order valence-corrected chi connectivity index (χ1v) is 8.10. The van der Waals surface area contributed by atoms with E-state index in [2.05, 4.69) is 5.32 Å². The van der Waals surface area contributed by atoms with E-state index in [1.54, 1.807) is 7.05 Å². The van der Waals surface area contributed by atoms with Crippen LogP contribution in [0, 0.1) is 0 Å². The second-order valence-corrected chi connectivity index (χ2v) is 5.79. The van der Waals surface area contributed by atoms with Gasteiger partial charge in [0.2, 0.25) is 6.29 Å². The molecule has 6 heteroatoms. The van der Waals surface area contributed by atoms with Gasteiger partial charge in [-0.15, -0.1) is 0 Å². The molecular weight excluding hydrogens is 318 g/mol. The van der Waals surface area contributed by atoms with Crippen molar-refractivity contribution in [3.63, 3.8) is 0 Å². The lowest BCUT2D eigenvalue weighted by atomic mass is 9.93. The molecular formula is C17H22ClNO4. The highest BCUT2D eigenvalue weighted by Gasteiger charge is 2.28. The summed E-state index contributed by atoms with van der Waals surface area (Å²) in [6.45, 7) is 0.630. The number of nitrogens with one attached hydrogen (secondary N) is 1. The first kappa shape index (κ1) is 17.8. The number of aliphatic hydroxyl groups excluding tert-OH is 1. The van der Waals surface area contributed by atoms with E-state index in [-0.39, 0.29) is 24.2 Å². The van der Waals surface area contributed by atoms with E-state index in [1.165, 1.54) is 0 Å². The number of rotatable bonds is 7. The highest BCUT2D eigenvalue weighted by molar-refractivity contribution is 6.30. The molecule has 0 fully saturated rings. The first-order valence-electron chi connectivity index (χ1n) is 7.72. The third-order valence-corrected chi connectivity index (χ3v) is 3.91. The Bertz CT molecular complexity index is 544. The Hall–Kier alpha value is -1.56. The summed E-state index contributed by atoms with van der Waals surface area (Å²) >= 11 is 5.93. The molecule has 1 aliphatic heterocycles. The number of halogens is 1. The number of carbonyl (C=O) groups is 1. The van der Waals surface area contributed by atoms with E-state index in [1.807, 2.05) is 30.3 Å². The maximum Gasteiger partial charge on any atom is 0.285 e. The Kier molecular flexibility index (Phi) is 6.89. The van der Waals surface area contributed by atoms with E-state index < -0.39 is 6.29 Å². The number of carbonyl (C=O) groups excluding carboxylic acids is 1. The predicted octanol–water partition coefficient (Wildman–Crippen LogP) is 2.59. The minimum atomic E-state index is -0.480. The van der Waals surface area contributed by atoms with Gasteiger partial charge in [-0.3, -0.25) is 4.79 Å². The van der Waals surface area contributed by atoms with Gasteiger partial charge in [-0.05, 0) is 36.6 Å². The molecule has 2 rings (SSSR count). The van der Waals surface area contributed by atoms with Gasteiger partial charge in [-0.2, -0.15) is 0 Å². The Balaban J connectivity index is 2.09. The summed E-state index contributed by atoms with van der Waals surface area (Å²) in [5.41, 5.74) is 1.06. The van der Waals surface area contributed by atoms with Crippen LogP contribution in [0.15, 0.2) is 36.1 Å². The number of unbranched alkanes of at least 4 members (excludes halogenated alkanes) is 1. The van der Waals surface area contributed by atoms with Gasteiger partial charge in [-0.25, -0.2) is 0 Å². The van der Waals surface area contributed by atoms with Crippen molar-refractivity contribution in [2.75, 3.05) is 20.3 Å². The number of likely N-dealkylation sites (N-methyl/N-ethyl adjacent to an activating group) is 1. The molecule has 1 aromatic carbocycles. The predicted molar refractivity (Wildman–Crippen MR) is 88.1 cm³/mol. The van der Waals surface area contributed by atoms with Crippen molar-refractivity contribution < 1.29 is 19.4 Å². The monoisotopic (exact) mass is 339 g/mol. The largest absolute Gasteiger partial charge is 0.459 e. The van der Waals surface area contributed by atoms with Crippen LogP contribution >= 0.6 is 11.6 Å². The molecule has 0 saturated carbocycles. The lowest BCUT2D eigenvalue weighted by molar-refractivity contribution is -0.146. The highest BCUT2D eigenvalue weighted by Crippen LogP contribution is 2.32. The highest BCUT2D eigenvalue weighted by atomic mass is 35.5. The van der Waals surface area contributed by atoms with Crippen molar-refractivity contribution in [2.45, 2.75) is 31.5 Å². The average molecular weight is 340 g/mol. The van der Waals surface area contributed by atoms with E-state index in [9.17, 15) is 4.79 Å². The van der Waals surface area contributed by atoms with Gasteiger partial charge in [0.25, 0.3) is 5.91 Å². The zero-order valence-corrected chi connectivity index (χ0v) is 13.9. The molecule has 0 bridgehead atoms. The SMILES string of the molecule is CNC(=O)C1=C[C@@H](c2ccc(Cl)cc2)C[C@@H](OCCCCO)O1. The second kappa shape index (κ2) is 8.91. The van der Waals surface area contributed by atoms with Gasteiger partial charge in [0.1, 0.15) is 0 Å². The number of amides is 1. The molecule has 1 aromatic rings. The minimum Gasteiger partial charge on any atom is -0.459 e. The molecule has 126 valence electrons. The molecule has 0 aromatic heterocycles. The molecule has 1 heterocycles. The van der Waals surface area contributed by atoms with Gasteiger partial charge >= 0.3 is 0 Å². The van der Waals surface area contributed by atoms with Gasteiger partial charge in [0.15, 0.2) is 5.76 Å². The third kappa shape index (κ3) is 5.23. The average Bonchev–Trinajstić information content (AvgIpc) is 2.58. The molecule has 0 spiro atoms. The van der Waals surface area contributed by atoms with E-state index in [0.717, 1.165) is 12.0 Å². The van der Waals surface area contributed by atoms with Crippen LogP contribution in [0.3, 0.4) is 0 Å².